The van der Waals surface area contributed by atoms with Gasteiger partial charge in [0.05, 0.1) is 13.7 Å². The number of fused-ring (bicyclic) bond motifs is 1. The minimum Gasteiger partial charge on any atom is -0.497 e. The Labute approximate surface area is 90.9 Å². The molecule has 78 valence electrons. The smallest absolute Gasteiger partial charge is 0.151 e. The minimum atomic E-state index is -0.0000404. The second-order valence-electron chi connectivity index (χ2n) is 3.12. The van der Waals surface area contributed by atoms with Crippen molar-refractivity contribution in [3.63, 3.8) is 0 Å². The van der Waals surface area contributed by atoms with Crippen LogP contribution in [0.15, 0.2) is 18.2 Å². The molecule has 0 bridgehead atoms. The van der Waals surface area contributed by atoms with Crippen LogP contribution in [0.5, 0.6) is 5.75 Å². The van der Waals surface area contributed by atoms with E-state index in [1.54, 1.807) is 13.2 Å². The van der Waals surface area contributed by atoms with Crippen LogP contribution in [0.2, 0.25) is 0 Å². The van der Waals surface area contributed by atoms with Crippen molar-refractivity contribution in [3.8, 4) is 5.75 Å². The number of aliphatic hydroxyl groups excluding tert-OH is 1. The van der Waals surface area contributed by atoms with Gasteiger partial charge in [-0.3, -0.25) is 4.79 Å². The first-order valence-corrected chi connectivity index (χ1v) is 5.26. The Hall–Kier alpha value is -1.39. The summed E-state index contributed by atoms with van der Waals surface area (Å²) in [4.78, 5) is 11.7. The van der Waals surface area contributed by atoms with Crippen LogP contribution in [0.1, 0.15) is 15.2 Å². The molecule has 4 heteroatoms. The summed E-state index contributed by atoms with van der Waals surface area (Å²) in [5.74, 6) is 0.659. The Morgan fingerprint density at radius 2 is 2.27 bits per heavy atom. The number of rotatable bonds is 3. The molecule has 3 nitrogen and oxygen atoms in total. The van der Waals surface area contributed by atoms with Crippen LogP contribution in [0.4, 0.5) is 0 Å². The average Bonchev–Trinajstić information content (AvgIpc) is 2.70. The van der Waals surface area contributed by atoms with Gasteiger partial charge in [0.15, 0.2) is 6.29 Å². The molecule has 1 N–H and O–H groups in total. The van der Waals surface area contributed by atoms with E-state index in [0.29, 0.717) is 11.3 Å². The van der Waals surface area contributed by atoms with Gasteiger partial charge in [0.25, 0.3) is 0 Å². The molecule has 1 heterocycles. The number of aldehydes is 1. The van der Waals surface area contributed by atoms with Gasteiger partial charge in [0, 0.05) is 15.1 Å². The lowest BCUT2D eigenvalue weighted by Gasteiger charge is -2.00. The first-order valence-electron chi connectivity index (χ1n) is 4.45. The number of methoxy groups -OCH3 is 1. The second kappa shape index (κ2) is 4.00. The lowest BCUT2D eigenvalue weighted by molar-refractivity contribution is 0.112. The van der Waals surface area contributed by atoms with E-state index in [0.717, 1.165) is 21.2 Å². The Balaban J connectivity index is 2.71. The molecule has 0 saturated heterocycles. The van der Waals surface area contributed by atoms with Crippen LogP contribution in [-0.4, -0.2) is 18.5 Å². The molecule has 2 aromatic rings. The lowest BCUT2D eigenvalue weighted by atomic mass is 10.1. The first-order chi connectivity index (χ1) is 7.28. The summed E-state index contributed by atoms with van der Waals surface area (Å²) in [6, 6.07) is 5.43. The van der Waals surface area contributed by atoms with E-state index >= 15 is 0 Å². The molecule has 0 aliphatic carbocycles. The van der Waals surface area contributed by atoms with Gasteiger partial charge in [-0.1, -0.05) is 0 Å². The normalized spacial score (nSPS) is 10.5. The maximum absolute atomic E-state index is 10.9. The number of thiophene rings is 1. The van der Waals surface area contributed by atoms with Gasteiger partial charge in [0.2, 0.25) is 0 Å². The molecular weight excluding hydrogens is 212 g/mol. The number of ether oxygens (including phenoxy) is 1. The summed E-state index contributed by atoms with van der Waals surface area (Å²) < 4.78 is 5.99. The molecule has 0 fully saturated rings. The van der Waals surface area contributed by atoms with Crippen LogP contribution < -0.4 is 4.74 Å². The zero-order chi connectivity index (χ0) is 10.8. The van der Waals surface area contributed by atoms with E-state index in [2.05, 4.69) is 0 Å². The number of aliphatic hydroxyl groups is 1. The van der Waals surface area contributed by atoms with Crippen LogP contribution in [0.25, 0.3) is 10.1 Å². The van der Waals surface area contributed by atoms with Crippen LogP contribution in [0, 0.1) is 0 Å². The number of hydrogen-bond acceptors (Lipinski definition) is 4. The predicted molar refractivity (Wildman–Crippen MR) is 59.7 cm³/mol. The van der Waals surface area contributed by atoms with Crippen molar-refractivity contribution < 1.29 is 14.6 Å². The molecule has 2 rings (SSSR count). The predicted octanol–water partition coefficient (Wildman–Crippen LogP) is 2.21. The summed E-state index contributed by atoms with van der Waals surface area (Å²) in [6.07, 6.45) is 0.808. The SMILES string of the molecule is COc1cc(C=O)c2sc(CO)cc2c1. The van der Waals surface area contributed by atoms with Gasteiger partial charge in [-0.05, 0) is 23.6 Å². The van der Waals surface area contributed by atoms with Gasteiger partial charge in [-0.15, -0.1) is 11.3 Å². The molecule has 0 unspecified atom stereocenters. The summed E-state index contributed by atoms with van der Waals surface area (Å²) in [5.41, 5.74) is 0.606. The molecule has 0 spiro atoms. The van der Waals surface area contributed by atoms with E-state index in [4.69, 9.17) is 9.84 Å². The molecule has 1 aromatic carbocycles. The van der Waals surface area contributed by atoms with E-state index in [-0.39, 0.29) is 6.61 Å². The van der Waals surface area contributed by atoms with Crippen molar-refractivity contribution in [2.24, 2.45) is 0 Å². The Bertz CT molecular complexity index is 502. The molecule has 0 saturated carbocycles. The Morgan fingerprint density at radius 1 is 1.47 bits per heavy atom. The van der Waals surface area contributed by atoms with Crippen LogP contribution >= 0.6 is 11.3 Å². The number of carbonyl (C=O) groups is 1. The van der Waals surface area contributed by atoms with Gasteiger partial charge in [0.1, 0.15) is 5.75 Å². The molecule has 1 aromatic heterocycles. The largest absolute Gasteiger partial charge is 0.497 e. The van der Waals surface area contributed by atoms with Crippen molar-refractivity contribution in [3.05, 3.63) is 28.6 Å². The second-order valence-corrected chi connectivity index (χ2v) is 4.26. The molecule has 0 radical (unpaired) electrons. The summed E-state index contributed by atoms with van der Waals surface area (Å²) in [5, 5.41) is 9.96. The van der Waals surface area contributed by atoms with E-state index in [1.165, 1.54) is 11.3 Å². The fraction of sp³-hybridized carbons (Fsp3) is 0.182. The van der Waals surface area contributed by atoms with E-state index < -0.39 is 0 Å². The highest BCUT2D eigenvalue weighted by molar-refractivity contribution is 7.19. The topological polar surface area (TPSA) is 46.5 Å². The number of hydrogen-bond donors (Lipinski definition) is 1. The van der Waals surface area contributed by atoms with Gasteiger partial charge in [-0.2, -0.15) is 0 Å². The van der Waals surface area contributed by atoms with Gasteiger partial charge >= 0.3 is 0 Å². The third kappa shape index (κ3) is 1.73. The zero-order valence-electron chi connectivity index (χ0n) is 8.19. The highest BCUT2D eigenvalue weighted by Crippen LogP contribution is 2.31. The van der Waals surface area contributed by atoms with Crippen LogP contribution in [-0.2, 0) is 6.61 Å². The fourth-order valence-corrected chi connectivity index (χ4v) is 2.46. The molecular formula is C11H10O3S. The van der Waals surface area contributed by atoms with Crippen molar-refractivity contribution in [2.75, 3.05) is 7.11 Å². The zero-order valence-corrected chi connectivity index (χ0v) is 9.00. The highest BCUT2D eigenvalue weighted by atomic mass is 32.1. The Morgan fingerprint density at radius 3 is 2.87 bits per heavy atom. The van der Waals surface area contributed by atoms with Crippen molar-refractivity contribution >= 4 is 27.7 Å². The summed E-state index contributed by atoms with van der Waals surface area (Å²) in [7, 11) is 1.56. The van der Waals surface area contributed by atoms with Crippen LogP contribution in [0.3, 0.4) is 0 Å². The molecule has 0 amide bonds. The van der Waals surface area contributed by atoms with E-state index in [9.17, 15) is 4.79 Å². The number of benzene rings is 1. The third-order valence-electron chi connectivity index (χ3n) is 2.19. The van der Waals surface area contributed by atoms with Crippen molar-refractivity contribution in [1.29, 1.82) is 0 Å². The van der Waals surface area contributed by atoms with Gasteiger partial charge in [-0.25, -0.2) is 0 Å². The van der Waals surface area contributed by atoms with Gasteiger partial charge < -0.3 is 9.84 Å². The maximum atomic E-state index is 10.9. The molecule has 0 aliphatic heterocycles. The standard InChI is InChI=1S/C11H10O3S/c1-14-9-2-7-4-10(6-13)15-11(7)8(3-9)5-12/h2-5,13H,6H2,1H3. The first kappa shape index (κ1) is 10.1. The molecule has 0 atom stereocenters. The average molecular weight is 222 g/mol. The maximum Gasteiger partial charge on any atom is 0.151 e. The highest BCUT2D eigenvalue weighted by Gasteiger charge is 2.08. The fourth-order valence-electron chi connectivity index (χ4n) is 1.49. The third-order valence-corrected chi connectivity index (χ3v) is 3.37. The molecule has 15 heavy (non-hydrogen) atoms. The number of carbonyl (C=O) groups excluding carboxylic acids is 1. The van der Waals surface area contributed by atoms with E-state index in [1.807, 2.05) is 12.1 Å². The quantitative estimate of drug-likeness (QED) is 0.810. The molecule has 0 aliphatic rings. The van der Waals surface area contributed by atoms with Crippen molar-refractivity contribution in [2.45, 2.75) is 6.61 Å². The monoisotopic (exact) mass is 222 g/mol. The summed E-state index contributed by atoms with van der Waals surface area (Å²) in [6.45, 7) is -0.0000404. The minimum absolute atomic E-state index is 0.0000404. The summed E-state index contributed by atoms with van der Waals surface area (Å²) >= 11 is 1.43. The Kier molecular flexibility index (Phi) is 2.70. The van der Waals surface area contributed by atoms with Crippen molar-refractivity contribution in [1.82, 2.24) is 0 Å². The lowest BCUT2D eigenvalue weighted by Crippen LogP contribution is -1.85.